The largest absolute Gasteiger partial charge is 0.481 e. The summed E-state index contributed by atoms with van der Waals surface area (Å²) >= 11 is 0. The zero-order valence-electron chi connectivity index (χ0n) is 12.2. The van der Waals surface area contributed by atoms with Gasteiger partial charge in [0.2, 0.25) is 0 Å². The van der Waals surface area contributed by atoms with Gasteiger partial charge in [0, 0.05) is 32.2 Å². The van der Waals surface area contributed by atoms with Crippen molar-refractivity contribution in [3.8, 4) is 0 Å². The summed E-state index contributed by atoms with van der Waals surface area (Å²) < 4.78 is 0. The normalized spacial score (nSPS) is 23.2. The number of likely N-dealkylation sites (N-methyl/N-ethyl adjacent to an activating group) is 1. The predicted molar refractivity (Wildman–Crippen MR) is 73.0 cm³/mol. The molecular formula is C13H25N3O3. The number of hydrogen-bond acceptors (Lipinski definition) is 3. The first kappa shape index (κ1) is 15.8. The fourth-order valence-electron chi connectivity index (χ4n) is 2.16. The Balaban J connectivity index is 2.33. The highest BCUT2D eigenvalue weighted by Crippen LogP contribution is 2.22. The van der Waals surface area contributed by atoms with Crippen molar-refractivity contribution in [1.29, 1.82) is 0 Å². The lowest BCUT2D eigenvalue weighted by molar-refractivity contribution is -0.142. The molecule has 0 saturated carbocycles. The van der Waals surface area contributed by atoms with Crippen LogP contribution in [-0.4, -0.2) is 66.2 Å². The second kappa shape index (κ2) is 6.75. The van der Waals surface area contributed by atoms with Crippen LogP contribution >= 0.6 is 0 Å². The fourth-order valence-corrected chi connectivity index (χ4v) is 2.16. The molecule has 0 bridgehead atoms. The molecular weight excluding hydrogens is 246 g/mol. The van der Waals surface area contributed by atoms with Crippen LogP contribution in [0.3, 0.4) is 0 Å². The Morgan fingerprint density at radius 2 is 2.05 bits per heavy atom. The van der Waals surface area contributed by atoms with Crippen molar-refractivity contribution in [3.63, 3.8) is 0 Å². The molecule has 110 valence electrons. The molecule has 2 amide bonds. The molecule has 2 atom stereocenters. The van der Waals surface area contributed by atoms with Crippen molar-refractivity contribution in [2.24, 2.45) is 11.8 Å². The van der Waals surface area contributed by atoms with E-state index >= 15 is 0 Å². The standard InChI is InChI=1S/C13H25N3O3/c1-9(2)15(4)6-5-14-13(19)16-7-10(3)11(8-16)12(17)18/h9-11H,5-8H2,1-4H3,(H,14,19)(H,17,18)/t10-,11-/m1/s1. The summed E-state index contributed by atoms with van der Waals surface area (Å²) in [6, 6.07) is 0.285. The van der Waals surface area contributed by atoms with Gasteiger partial charge < -0.3 is 20.2 Å². The highest BCUT2D eigenvalue weighted by Gasteiger charge is 2.36. The molecule has 19 heavy (non-hydrogen) atoms. The number of amides is 2. The van der Waals surface area contributed by atoms with Gasteiger partial charge in [-0.15, -0.1) is 0 Å². The van der Waals surface area contributed by atoms with E-state index in [4.69, 9.17) is 5.11 Å². The number of urea groups is 1. The molecule has 6 heteroatoms. The first-order valence-electron chi connectivity index (χ1n) is 6.78. The lowest BCUT2D eigenvalue weighted by atomic mass is 9.99. The van der Waals surface area contributed by atoms with Crippen LogP contribution in [-0.2, 0) is 4.79 Å². The molecule has 1 aliphatic rings. The Labute approximate surface area is 114 Å². The fraction of sp³-hybridized carbons (Fsp3) is 0.846. The van der Waals surface area contributed by atoms with E-state index < -0.39 is 11.9 Å². The van der Waals surface area contributed by atoms with Crippen molar-refractivity contribution in [2.75, 3.05) is 33.2 Å². The van der Waals surface area contributed by atoms with Crippen molar-refractivity contribution in [2.45, 2.75) is 26.8 Å². The van der Waals surface area contributed by atoms with Gasteiger partial charge in [-0.2, -0.15) is 0 Å². The second-order valence-corrected chi connectivity index (χ2v) is 5.63. The smallest absolute Gasteiger partial charge is 0.317 e. The van der Waals surface area contributed by atoms with Crippen LogP contribution in [0.4, 0.5) is 4.79 Å². The summed E-state index contributed by atoms with van der Waals surface area (Å²) in [5, 5.41) is 11.9. The number of nitrogens with zero attached hydrogens (tertiary/aromatic N) is 2. The quantitative estimate of drug-likeness (QED) is 0.771. The zero-order valence-corrected chi connectivity index (χ0v) is 12.2. The molecule has 1 heterocycles. The molecule has 0 unspecified atom stereocenters. The van der Waals surface area contributed by atoms with Crippen molar-refractivity contribution >= 4 is 12.0 Å². The maximum atomic E-state index is 11.9. The van der Waals surface area contributed by atoms with E-state index in [9.17, 15) is 9.59 Å². The molecule has 0 aromatic carbocycles. The maximum Gasteiger partial charge on any atom is 0.317 e. The minimum absolute atomic E-state index is 0.0154. The summed E-state index contributed by atoms with van der Waals surface area (Å²) in [5.74, 6) is -1.24. The Morgan fingerprint density at radius 3 is 2.53 bits per heavy atom. The number of nitrogens with one attached hydrogen (secondary N) is 1. The third-order valence-corrected chi connectivity index (χ3v) is 3.84. The maximum absolute atomic E-state index is 11.9. The zero-order chi connectivity index (χ0) is 14.6. The highest BCUT2D eigenvalue weighted by atomic mass is 16.4. The molecule has 1 saturated heterocycles. The summed E-state index contributed by atoms with van der Waals surface area (Å²) in [7, 11) is 2.01. The van der Waals surface area contributed by atoms with Gasteiger partial charge in [0.25, 0.3) is 0 Å². The number of carboxylic acid groups (broad SMARTS) is 1. The molecule has 1 rings (SSSR count). The summed E-state index contributed by atoms with van der Waals surface area (Å²) in [6.45, 7) is 8.26. The van der Waals surface area contributed by atoms with Crippen LogP contribution < -0.4 is 5.32 Å². The lowest BCUT2D eigenvalue weighted by Crippen LogP contribution is -2.42. The average Bonchev–Trinajstić information content (AvgIpc) is 2.71. The molecule has 2 N–H and O–H groups in total. The van der Waals surface area contributed by atoms with Gasteiger partial charge in [0.1, 0.15) is 0 Å². The Bertz CT molecular complexity index is 333. The van der Waals surface area contributed by atoms with Gasteiger partial charge in [-0.25, -0.2) is 4.79 Å². The van der Waals surface area contributed by atoms with Crippen LogP contribution in [0, 0.1) is 11.8 Å². The average molecular weight is 271 g/mol. The molecule has 1 fully saturated rings. The monoisotopic (exact) mass is 271 g/mol. The van der Waals surface area contributed by atoms with Gasteiger partial charge in [0.05, 0.1) is 5.92 Å². The molecule has 1 aliphatic heterocycles. The van der Waals surface area contributed by atoms with Crippen LogP contribution in [0.15, 0.2) is 0 Å². The molecule has 0 aliphatic carbocycles. The van der Waals surface area contributed by atoms with Gasteiger partial charge >= 0.3 is 12.0 Å². The number of likely N-dealkylation sites (tertiary alicyclic amines) is 1. The molecule has 6 nitrogen and oxygen atoms in total. The van der Waals surface area contributed by atoms with Gasteiger partial charge in [-0.1, -0.05) is 6.92 Å². The number of aliphatic carboxylic acids is 1. The summed E-state index contributed by atoms with van der Waals surface area (Å²) in [5.41, 5.74) is 0. The van der Waals surface area contributed by atoms with Crippen LogP contribution in [0.5, 0.6) is 0 Å². The first-order chi connectivity index (χ1) is 8.82. The number of rotatable bonds is 5. The van der Waals surface area contributed by atoms with Crippen molar-refractivity contribution in [3.05, 3.63) is 0 Å². The van der Waals surface area contributed by atoms with E-state index in [-0.39, 0.29) is 11.9 Å². The van der Waals surface area contributed by atoms with E-state index in [1.165, 1.54) is 0 Å². The minimum Gasteiger partial charge on any atom is -0.481 e. The van der Waals surface area contributed by atoms with E-state index in [1.54, 1.807) is 4.90 Å². The Morgan fingerprint density at radius 1 is 1.42 bits per heavy atom. The topological polar surface area (TPSA) is 72.9 Å². The summed E-state index contributed by atoms with van der Waals surface area (Å²) in [4.78, 5) is 26.6. The molecule has 0 radical (unpaired) electrons. The molecule has 0 aromatic rings. The van der Waals surface area contributed by atoms with E-state index in [0.29, 0.717) is 25.7 Å². The van der Waals surface area contributed by atoms with Crippen LogP contribution in [0.1, 0.15) is 20.8 Å². The molecule has 0 aromatic heterocycles. The SMILES string of the molecule is CC(C)N(C)CCNC(=O)N1C[C@@H](C)[C@H](C(=O)O)C1. The third kappa shape index (κ3) is 4.38. The van der Waals surface area contributed by atoms with Crippen molar-refractivity contribution < 1.29 is 14.7 Å². The van der Waals surface area contributed by atoms with Crippen LogP contribution in [0.25, 0.3) is 0 Å². The Kier molecular flexibility index (Phi) is 5.60. The van der Waals surface area contributed by atoms with Gasteiger partial charge in [-0.05, 0) is 26.8 Å². The van der Waals surface area contributed by atoms with E-state index in [2.05, 4.69) is 24.1 Å². The third-order valence-electron chi connectivity index (χ3n) is 3.84. The van der Waals surface area contributed by atoms with E-state index in [0.717, 1.165) is 6.54 Å². The predicted octanol–water partition coefficient (Wildman–Crippen LogP) is 0.689. The second-order valence-electron chi connectivity index (χ2n) is 5.63. The minimum atomic E-state index is -0.817. The summed E-state index contributed by atoms with van der Waals surface area (Å²) in [6.07, 6.45) is 0. The van der Waals surface area contributed by atoms with Gasteiger partial charge in [0.15, 0.2) is 0 Å². The van der Waals surface area contributed by atoms with Gasteiger partial charge in [-0.3, -0.25) is 4.79 Å². The van der Waals surface area contributed by atoms with E-state index in [1.807, 2.05) is 14.0 Å². The highest BCUT2D eigenvalue weighted by molar-refractivity contribution is 5.77. The number of carbonyl (C=O) groups excluding carboxylic acids is 1. The number of carbonyl (C=O) groups is 2. The van der Waals surface area contributed by atoms with Crippen LogP contribution in [0.2, 0.25) is 0 Å². The lowest BCUT2D eigenvalue weighted by Gasteiger charge is -2.22. The van der Waals surface area contributed by atoms with Crippen molar-refractivity contribution in [1.82, 2.24) is 15.1 Å². The first-order valence-corrected chi connectivity index (χ1v) is 6.78. The Hall–Kier alpha value is -1.30. The molecule has 0 spiro atoms. The number of hydrogen-bond donors (Lipinski definition) is 2. The number of carboxylic acids is 1.